The lowest BCUT2D eigenvalue weighted by Gasteiger charge is -2.10. The van der Waals surface area contributed by atoms with Crippen LogP contribution in [0.3, 0.4) is 0 Å². The molecule has 0 fully saturated rings. The van der Waals surface area contributed by atoms with Gasteiger partial charge in [0.1, 0.15) is 11.6 Å². The van der Waals surface area contributed by atoms with Crippen molar-refractivity contribution < 1.29 is 9.13 Å². The first kappa shape index (κ1) is 10.5. The first-order chi connectivity index (χ1) is 6.20. The topological polar surface area (TPSA) is 21.3 Å². The van der Waals surface area contributed by atoms with Crippen molar-refractivity contribution in [2.24, 2.45) is 0 Å². The highest BCUT2D eigenvalue weighted by atomic mass is 79.9. The predicted octanol–water partition coefficient (Wildman–Crippen LogP) is 2.32. The number of ether oxygens (including phenoxy) is 1. The third-order valence-corrected chi connectivity index (χ3v) is 2.58. The zero-order valence-corrected chi connectivity index (χ0v) is 9.11. The summed E-state index contributed by atoms with van der Waals surface area (Å²) in [4.78, 5) is 0. The second-order valence-corrected chi connectivity index (χ2v) is 3.37. The Balaban J connectivity index is 3.15. The van der Waals surface area contributed by atoms with Gasteiger partial charge in [-0.15, -0.1) is 0 Å². The number of halogens is 2. The molecule has 0 radical (unpaired) electrons. The quantitative estimate of drug-likeness (QED) is 0.886. The second kappa shape index (κ2) is 4.58. The summed E-state index contributed by atoms with van der Waals surface area (Å²) in [5.74, 6) is 0.411. The Kier molecular flexibility index (Phi) is 3.69. The van der Waals surface area contributed by atoms with Crippen LogP contribution in [0.25, 0.3) is 0 Å². The van der Waals surface area contributed by atoms with Crippen LogP contribution < -0.4 is 10.1 Å². The number of hydrogen-bond donors (Lipinski definition) is 1. The number of benzene rings is 1. The van der Waals surface area contributed by atoms with Gasteiger partial charge in [-0.1, -0.05) is 0 Å². The summed E-state index contributed by atoms with van der Waals surface area (Å²) < 4.78 is 18.6. The third-order valence-electron chi connectivity index (χ3n) is 1.73. The second-order valence-electron chi connectivity index (χ2n) is 2.57. The van der Waals surface area contributed by atoms with Gasteiger partial charge in [0.2, 0.25) is 0 Å². The molecule has 0 saturated carbocycles. The van der Waals surface area contributed by atoms with Crippen molar-refractivity contribution in [2.45, 2.75) is 6.54 Å². The highest BCUT2D eigenvalue weighted by Crippen LogP contribution is 2.28. The minimum atomic E-state index is -0.272. The van der Waals surface area contributed by atoms with E-state index < -0.39 is 0 Å². The van der Waals surface area contributed by atoms with Crippen LogP contribution in [-0.4, -0.2) is 14.2 Å². The first-order valence-corrected chi connectivity index (χ1v) is 4.65. The number of rotatable bonds is 3. The van der Waals surface area contributed by atoms with E-state index in [9.17, 15) is 4.39 Å². The maximum absolute atomic E-state index is 13.1. The molecular weight excluding hydrogens is 237 g/mol. The molecule has 13 heavy (non-hydrogen) atoms. The van der Waals surface area contributed by atoms with Crippen LogP contribution in [-0.2, 0) is 6.54 Å². The molecule has 0 saturated heterocycles. The smallest absolute Gasteiger partial charge is 0.137 e. The molecule has 0 bridgehead atoms. The molecule has 0 aliphatic carbocycles. The van der Waals surface area contributed by atoms with Crippen molar-refractivity contribution in [1.29, 1.82) is 0 Å². The summed E-state index contributed by atoms with van der Waals surface area (Å²) in [7, 11) is 3.37. The van der Waals surface area contributed by atoms with Gasteiger partial charge in [0, 0.05) is 12.1 Å². The summed E-state index contributed by atoms with van der Waals surface area (Å²) in [6.07, 6.45) is 0. The van der Waals surface area contributed by atoms with Crippen LogP contribution in [0.2, 0.25) is 0 Å². The molecule has 1 rings (SSSR count). The van der Waals surface area contributed by atoms with Gasteiger partial charge in [-0.3, -0.25) is 0 Å². The standard InChI is InChI=1S/C9H11BrFNO/c1-12-5-6-8(13-2)4-3-7(11)9(6)10/h3-4,12H,5H2,1-2H3. The van der Waals surface area contributed by atoms with Gasteiger partial charge in [0.05, 0.1) is 11.6 Å². The first-order valence-electron chi connectivity index (χ1n) is 3.86. The van der Waals surface area contributed by atoms with Crippen molar-refractivity contribution >= 4 is 15.9 Å². The third kappa shape index (κ3) is 2.19. The maximum Gasteiger partial charge on any atom is 0.137 e. The van der Waals surface area contributed by atoms with Crippen LogP contribution in [0.15, 0.2) is 16.6 Å². The molecule has 0 atom stereocenters. The molecule has 0 heterocycles. The summed E-state index contributed by atoms with van der Waals surface area (Å²) in [6, 6.07) is 2.99. The van der Waals surface area contributed by atoms with Gasteiger partial charge in [-0.25, -0.2) is 4.39 Å². The normalized spacial score (nSPS) is 10.2. The molecule has 72 valence electrons. The lowest BCUT2D eigenvalue weighted by atomic mass is 10.2. The molecule has 0 aliphatic rings. The largest absolute Gasteiger partial charge is 0.496 e. The number of nitrogens with one attached hydrogen (secondary N) is 1. The molecule has 0 aliphatic heterocycles. The van der Waals surface area contributed by atoms with Crippen LogP contribution in [0.1, 0.15) is 5.56 Å². The fourth-order valence-electron chi connectivity index (χ4n) is 1.11. The Morgan fingerprint density at radius 2 is 2.23 bits per heavy atom. The van der Waals surface area contributed by atoms with Gasteiger partial charge in [0.25, 0.3) is 0 Å². The van der Waals surface area contributed by atoms with E-state index in [4.69, 9.17) is 4.74 Å². The van der Waals surface area contributed by atoms with E-state index in [1.165, 1.54) is 6.07 Å². The summed E-state index contributed by atoms with van der Waals surface area (Å²) in [6.45, 7) is 0.571. The highest BCUT2D eigenvalue weighted by Gasteiger charge is 2.10. The van der Waals surface area contributed by atoms with Crippen molar-refractivity contribution in [3.8, 4) is 5.75 Å². The zero-order chi connectivity index (χ0) is 9.84. The van der Waals surface area contributed by atoms with Crippen LogP contribution >= 0.6 is 15.9 Å². The van der Waals surface area contributed by atoms with Gasteiger partial charge in [0.15, 0.2) is 0 Å². The maximum atomic E-state index is 13.1. The Bertz CT molecular complexity index is 304. The van der Waals surface area contributed by atoms with E-state index >= 15 is 0 Å². The van der Waals surface area contributed by atoms with Gasteiger partial charge < -0.3 is 10.1 Å². The molecule has 1 aromatic rings. The molecule has 4 heteroatoms. The molecule has 0 aromatic heterocycles. The van der Waals surface area contributed by atoms with E-state index in [1.54, 1.807) is 20.2 Å². The van der Waals surface area contributed by atoms with Crippen LogP contribution in [0.5, 0.6) is 5.75 Å². The molecule has 2 nitrogen and oxygen atoms in total. The molecule has 0 amide bonds. The minimum absolute atomic E-state index is 0.272. The Morgan fingerprint density at radius 1 is 1.54 bits per heavy atom. The monoisotopic (exact) mass is 247 g/mol. The average molecular weight is 248 g/mol. The van der Waals surface area contributed by atoms with Crippen molar-refractivity contribution in [3.63, 3.8) is 0 Å². The zero-order valence-electron chi connectivity index (χ0n) is 7.53. The lowest BCUT2D eigenvalue weighted by Crippen LogP contribution is -2.08. The summed E-state index contributed by atoms with van der Waals surface area (Å²) in [5, 5.41) is 2.95. The Morgan fingerprint density at radius 3 is 2.77 bits per heavy atom. The molecule has 0 spiro atoms. The van der Waals surface area contributed by atoms with E-state index in [1.807, 2.05) is 0 Å². The predicted molar refractivity (Wildman–Crippen MR) is 53.4 cm³/mol. The Labute approximate surface area is 85.2 Å². The van der Waals surface area contributed by atoms with Crippen LogP contribution in [0, 0.1) is 5.82 Å². The van der Waals surface area contributed by atoms with E-state index in [-0.39, 0.29) is 5.82 Å². The van der Waals surface area contributed by atoms with E-state index in [2.05, 4.69) is 21.2 Å². The number of hydrogen-bond acceptors (Lipinski definition) is 2. The fraction of sp³-hybridized carbons (Fsp3) is 0.333. The molecule has 1 N–H and O–H groups in total. The minimum Gasteiger partial charge on any atom is -0.496 e. The molecule has 0 unspecified atom stereocenters. The molecule has 1 aromatic carbocycles. The number of methoxy groups -OCH3 is 1. The molecular formula is C9H11BrFNO. The van der Waals surface area contributed by atoms with E-state index in [0.717, 1.165) is 5.56 Å². The summed E-state index contributed by atoms with van der Waals surface area (Å²) in [5.41, 5.74) is 0.796. The van der Waals surface area contributed by atoms with Gasteiger partial charge in [-0.05, 0) is 35.1 Å². The SMILES string of the molecule is CNCc1c(OC)ccc(F)c1Br. The van der Waals surface area contributed by atoms with Crippen LogP contribution in [0.4, 0.5) is 4.39 Å². The van der Waals surface area contributed by atoms with E-state index in [0.29, 0.717) is 16.8 Å². The highest BCUT2D eigenvalue weighted by molar-refractivity contribution is 9.10. The van der Waals surface area contributed by atoms with Crippen molar-refractivity contribution in [2.75, 3.05) is 14.2 Å². The van der Waals surface area contributed by atoms with Crippen molar-refractivity contribution in [3.05, 3.63) is 28.0 Å². The van der Waals surface area contributed by atoms with Crippen molar-refractivity contribution in [1.82, 2.24) is 5.32 Å². The summed E-state index contributed by atoms with van der Waals surface area (Å²) >= 11 is 3.18. The lowest BCUT2D eigenvalue weighted by molar-refractivity contribution is 0.406. The fourth-order valence-corrected chi connectivity index (χ4v) is 1.58. The average Bonchev–Trinajstić information content (AvgIpc) is 2.14. The Hall–Kier alpha value is -0.610. The van der Waals surface area contributed by atoms with Gasteiger partial charge >= 0.3 is 0 Å². The van der Waals surface area contributed by atoms with Gasteiger partial charge in [-0.2, -0.15) is 0 Å².